The van der Waals surface area contributed by atoms with Crippen LogP contribution in [0.1, 0.15) is 19.3 Å². The van der Waals surface area contributed by atoms with Crippen LogP contribution in [-0.2, 0) is 14.8 Å². The molecule has 5 nitrogen and oxygen atoms in total. The first kappa shape index (κ1) is 13.9. The minimum absolute atomic E-state index is 0.507. The van der Waals surface area contributed by atoms with Crippen molar-refractivity contribution in [2.45, 2.75) is 19.3 Å². The summed E-state index contributed by atoms with van der Waals surface area (Å²) in [5, 5.41) is 3.33. The van der Waals surface area contributed by atoms with Gasteiger partial charge in [0.25, 0.3) is 0 Å². The molecule has 0 radical (unpaired) electrons. The average Bonchev–Trinajstić information content (AvgIpc) is 2.23. The second kappa shape index (κ2) is 7.21. The highest BCUT2D eigenvalue weighted by molar-refractivity contribution is 7.88. The highest BCUT2D eigenvalue weighted by Gasteiger charge is 2.12. The van der Waals surface area contributed by atoms with Gasteiger partial charge in [0.2, 0.25) is 10.0 Å². The molecule has 16 heavy (non-hydrogen) atoms. The van der Waals surface area contributed by atoms with Gasteiger partial charge in [-0.25, -0.2) is 13.1 Å². The van der Waals surface area contributed by atoms with E-state index in [0.717, 1.165) is 39.1 Å². The smallest absolute Gasteiger partial charge is 0.208 e. The molecule has 6 heteroatoms. The predicted octanol–water partition coefficient (Wildman–Crippen LogP) is -0.0581. The molecule has 0 aliphatic carbocycles. The van der Waals surface area contributed by atoms with Crippen LogP contribution in [0.2, 0.25) is 0 Å². The molecule has 1 heterocycles. The zero-order chi connectivity index (χ0) is 11.9. The van der Waals surface area contributed by atoms with Crippen molar-refractivity contribution < 1.29 is 13.2 Å². The van der Waals surface area contributed by atoms with Gasteiger partial charge < -0.3 is 10.1 Å². The Labute approximate surface area is 98.0 Å². The summed E-state index contributed by atoms with van der Waals surface area (Å²) < 4.78 is 29.4. The fourth-order valence-corrected chi connectivity index (χ4v) is 2.26. The van der Waals surface area contributed by atoms with Gasteiger partial charge in [-0.05, 0) is 31.7 Å². The molecular formula is C10H22N2O3S. The van der Waals surface area contributed by atoms with E-state index >= 15 is 0 Å². The van der Waals surface area contributed by atoms with Crippen molar-refractivity contribution in [3.05, 3.63) is 0 Å². The van der Waals surface area contributed by atoms with Gasteiger partial charge in [-0.2, -0.15) is 0 Å². The maximum absolute atomic E-state index is 10.8. The van der Waals surface area contributed by atoms with E-state index in [4.69, 9.17) is 4.74 Å². The quantitative estimate of drug-likeness (QED) is 0.621. The topological polar surface area (TPSA) is 67.4 Å². The first-order valence-electron chi connectivity index (χ1n) is 5.81. The lowest BCUT2D eigenvalue weighted by molar-refractivity contribution is 0.0549. The first-order valence-corrected chi connectivity index (χ1v) is 7.70. The fourth-order valence-electron chi connectivity index (χ4n) is 1.75. The van der Waals surface area contributed by atoms with Crippen LogP contribution >= 0.6 is 0 Å². The Morgan fingerprint density at radius 2 is 2.19 bits per heavy atom. The van der Waals surface area contributed by atoms with Crippen molar-refractivity contribution >= 4 is 10.0 Å². The van der Waals surface area contributed by atoms with Crippen LogP contribution in [0.15, 0.2) is 0 Å². The molecule has 1 fully saturated rings. The van der Waals surface area contributed by atoms with Crippen LogP contribution in [0.5, 0.6) is 0 Å². The van der Waals surface area contributed by atoms with Crippen LogP contribution in [0.3, 0.4) is 0 Å². The Balaban J connectivity index is 1.91. The van der Waals surface area contributed by atoms with Crippen molar-refractivity contribution in [3.63, 3.8) is 0 Å². The largest absolute Gasteiger partial charge is 0.381 e. The average molecular weight is 250 g/mol. The van der Waals surface area contributed by atoms with E-state index in [1.807, 2.05) is 0 Å². The molecule has 0 aromatic carbocycles. The van der Waals surface area contributed by atoms with E-state index < -0.39 is 10.0 Å². The molecule has 0 amide bonds. The van der Waals surface area contributed by atoms with Crippen molar-refractivity contribution in [3.8, 4) is 0 Å². The fraction of sp³-hybridized carbons (Fsp3) is 1.00. The van der Waals surface area contributed by atoms with E-state index in [9.17, 15) is 8.42 Å². The molecule has 96 valence electrons. The molecule has 1 rings (SSSR count). The summed E-state index contributed by atoms with van der Waals surface area (Å²) in [6.07, 6.45) is 4.39. The van der Waals surface area contributed by atoms with E-state index in [2.05, 4.69) is 10.0 Å². The molecule has 2 N–H and O–H groups in total. The molecule has 0 spiro atoms. The van der Waals surface area contributed by atoms with Gasteiger partial charge in [-0.15, -0.1) is 0 Å². The van der Waals surface area contributed by atoms with E-state index in [1.54, 1.807) is 0 Å². The Kier molecular flexibility index (Phi) is 6.26. The van der Waals surface area contributed by atoms with Gasteiger partial charge >= 0.3 is 0 Å². The van der Waals surface area contributed by atoms with Crippen molar-refractivity contribution in [1.82, 2.24) is 10.0 Å². The maximum Gasteiger partial charge on any atom is 0.208 e. The highest BCUT2D eigenvalue weighted by Crippen LogP contribution is 2.11. The Morgan fingerprint density at radius 3 is 2.81 bits per heavy atom. The number of sulfonamides is 1. The van der Waals surface area contributed by atoms with Gasteiger partial charge in [0, 0.05) is 19.7 Å². The second-order valence-corrected chi connectivity index (χ2v) is 6.14. The number of hydrogen-bond acceptors (Lipinski definition) is 4. The number of ether oxygens (including phenoxy) is 1. The summed E-state index contributed by atoms with van der Waals surface area (Å²) in [7, 11) is -3.03. The third-order valence-electron chi connectivity index (χ3n) is 2.58. The van der Waals surface area contributed by atoms with E-state index in [1.165, 1.54) is 12.7 Å². The number of rotatable bonds is 7. The lowest BCUT2D eigenvalue weighted by Crippen LogP contribution is -2.31. The standard InChI is InChI=1S/C10H22N2O3S/c1-16(13,14)12-6-3-5-11-8-10-4-2-7-15-9-10/h10-12H,2-9H2,1H3. The van der Waals surface area contributed by atoms with Gasteiger partial charge in [0.1, 0.15) is 0 Å². The van der Waals surface area contributed by atoms with Crippen LogP contribution < -0.4 is 10.0 Å². The second-order valence-electron chi connectivity index (χ2n) is 4.31. The first-order chi connectivity index (χ1) is 7.58. The summed E-state index contributed by atoms with van der Waals surface area (Å²) in [4.78, 5) is 0. The Bertz CT molecular complexity index is 274. The molecule has 0 aromatic heterocycles. The minimum atomic E-state index is -3.03. The van der Waals surface area contributed by atoms with Crippen molar-refractivity contribution in [2.24, 2.45) is 5.92 Å². The van der Waals surface area contributed by atoms with Crippen LogP contribution in [0.4, 0.5) is 0 Å². The van der Waals surface area contributed by atoms with Crippen LogP contribution in [0, 0.1) is 5.92 Å². The monoisotopic (exact) mass is 250 g/mol. The summed E-state index contributed by atoms with van der Waals surface area (Å²) in [6, 6.07) is 0. The van der Waals surface area contributed by atoms with Gasteiger partial charge in [0.05, 0.1) is 12.9 Å². The molecule has 1 aliphatic rings. The Morgan fingerprint density at radius 1 is 1.38 bits per heavy atom. The summed E-state index contributed by atoms with van der Waals surface area (Å²) in [5.74, 6) is 0.622. The normalized spacial score (nSPS) is 22.2. The van der Waals surface area contributed by atoms with Crippen LogP contribution in [0.25, 0.3) is 0 Å². The maximum atomic E-state index is 10.8. The highest BCUT2D eigenvalue weighted by atomic mass is 32.2. The van der Waals surface area contributed by atoms with Gasteiger partial charge in [0.15, 0.2) is 0 Å². The lowest BCUT2D eigenvalue weighted by atomic mass is 10.0. The number of nitrogens with one attached hydrogen (secondary N) is 2. The number of hydrogen-bond donors (Lipinski definition) is 2. The van der Waals surface area contributed by atoms with E-state index in [-0.39, 0.29) is 0 Å². The SMILES string of the molecule is CS(=O)(=O)NCCCNCC1CCCOC1. The third-order valence-corrected chi connectivity index (χ3v) is 3.31. The molecule has 0 saturated carbocycles. The predicted molar refractivity (Wildman–Crippen MR) is 63.9 cm³/mol. The molecule has 1 saturated heterocycles. The van der Waals surface area contributed by atoms with E-state index in [0.29, 0.717) is 12.5 Å². The summed E-state index contributed by atoms with van der Waals surface area (Å²) in [6.45, 7) is 4.08. The zero-order valence-corrected chi connectivity index (χ0v) is 10.7. The third kappa shape index (κ3) is 7.16. The van der Waals surface area contributed by atoms with Crippen molar-refractivity contribution in [2.75, 3.05) is 39.1 Å². The van der Waals surface area contributed by atoms with Crippen molar-refractivity contribution in [1.29, 1.82) is 0 Å². The Hall–Kier alpha value is -0.170. The molecule has 1 atom stereocenters. The minimum Gasteiger partial charge on any atom is -0.381 e. The molecule has 0 aromatic rings. The molecule has 1 unspecified atom stereocenters. The lowest BCUT2D eigenvalue weighted by Gasteiger charge is -2.22. The summed E-state index contributed by atoms with van der Waals surface area (Å²) >= 11 is 0. The molecular weight excluding hydrogens is 228 g/mol. The van der Waals surface area contributed by atoms with Gasteiger partial charge in [-0.3, -0.25) is 0 Å². The zero-order valence-electron chi connectivity index (χ0n) is 9.87. The molecule has 1 aliphatic heterocycles. The van der Waals surface area contributed by atoms with Gasteiger partial charge in [-0.1, -0.05) is 0 Å². The molecule has 0 bridgehead atoms. The van der Waals surface area contributed by atoms with Crippen LogP contribution in [-0.4, -0.2) is 47.5 Å². The summed E-state index contributed by atoms with van der Waals surface area (Å²) in [5.41, 5.74) is 0.